The van der Waals surface area contributed by atoms with Crippen LogP contribution in [0.4, 0.5) is 18.9 Å². The Morgan fingerprint density at radius 1 is 1.04 bits per heavy atom. The molecule has 8 heteroatoms. The number of carbonyl (C=O) groups is 2. The number of alkyl halides is 3. The van der Waals surface area contributed by atoms with E-state index >= 15 is 0 Å². The molecule has 1 N–H and O–H groups in total. The van der Waals surface area contributed by atoms with E-state index in [1.165, 1.54) is 19.1 Å². The van der Waals surface area contributed by atoms with Crippen LogP contribution in [0.25, 0.3) is 0 Å². The first kappa shape index (κ1) is 18.8. The second-order valence-electron chi connectivity index (χ2n) is 6.48. The fourth-order valence-electron chi connectivity index (χ4n) is 2.70. The highest BCUT2D eigenvalue weighted by Gasteiger charge is 2.51. The molecule has 0 aromatic heterocycles. The average molecular weight is 375 g/mol. The number of nitrogens with zero attached hydrogens (tertiary/aromatic N) is 2. The lowest BCUT2D eigenvalue weighted by Gasteiger charge is -2.20. The van der Waals surface area contributed by atoms with Gasteiger partial charge in [-0.05, 0) is 31.2 Å². The lowest BCUT2D eigenvalue weighted by molar-refractivity contribution is -0.148. The standard InChI is InChI=1S/C19H16F3N3O2/c1-18(11-15(24-25-18)19(20,21)22)17(27)23-14-9-7-13(8-10-14)16(26)12-5-3-2-4-6-12/h2-10,15H,11H2,1H3,(H,23,27). The summed E-state index contributed by atoms with van der Waals surface area (Å²) in [5.41, 5.74) is -0.260. The Morgan fingerprint density at radius 2 is 1.63 bits per heavy atom. The van der Waals surface area contributed by atoms with E-state index < -0.39 is 30.1 Å². The van der Waals surface area contributed by atoms with Crippen LogP contribution in [-0.4, -0.2) is 29.4 Å². The first-order valence-electron chi connectivity index (χ1n) is 8.19. The number of anilines is 1. The molecule has 1 aliphatic rings. The van der Waals surface area contributed by atoms with Gasteiger partial charge in [0.2, 0.25) is 0 Å². The zero-order valence-electron chi connectivity index (χ0n) is 14.3. The number of halogens is 3. The second kappa shape index (κ2) is 6.94. The fourth-order valence-corrected chi connectivity index (χ4v) is 2.70. The number of benzene rings is 2. The number of nitrogens with one attached hydrogen (secondary N) is 1. The van der Waals surface area contributed by atoms with Crippen LogP contribution in [-0.2, 0) is 4.79 Å². The first-order chi connectivity index (χ1) is 12.7. The number of ketones is 1. The van der Waals surface area contributed by atoms with Gasteiger partial charge in [0.1, 0.15) is 0 Å². The van der Waals surface area contributed by atoms with Gasteiger partial charge in [-0.15, -0.1) is 0 Å². The van der Waals surface area contributed by atoms with Gasteiger partial charge >= 0.3 is 6.18 Å². The number of rotatable bonds is 4. The van der Waals surface area contributed by atoms with Crippen LogP contribution >= 0.6 is 0 Å². The van der Waals surface area contributed by atoms with Crippen molar-refractivity contribution >= 4 is 17.4 Å². The number of hydrogen-bond donors (Lipinski definition) is 1. The van der Waals surface area contributed by atoms with Crippen molar-refractivity contribution in [2.45, 2.75) is 31.1 Å². The summed E-state index contributed by atoms with van der Waals surface area (Å²) in [6.45, 7) is 1.31. The highest BCUT2D eigenvalue weighted by atomic mass is 19.4. The van der Waals surface area contributed by atoms with E-state index in [4.69, 9.17) is 0 Å². The topological polar surface area (TPSA) is 70.9 Å². The van der Waals surface area contributed by atoms with E-state index in [-0.39, 0.29) is 5.78 Å². The van der Waals surface area contributed by atoms with E-state index in [0.29, 0.717) is 16.8 Å². The van der Waals surface area contributed by atoms with Crippen molar-refractivity contribution in [1.82, 2.24) is 0 Å². The van der Waals surface area contributed by atoms with Crippen LogP contribution < -0.4 is 5.32 Å². The van der Waals surface area contributed by atoms with Crippen molar-refractivity contribution in [3.63, 3.8) is 0 Å². The molecule has 2 atom stereocenters. The highest BCUT2D eigenvalue weighted by molar-refractivity contribution is 6.09. The number of amides is 1. The fraction of sp³-hybridized carbons (Fsp3) is 0.263. The largest absolute Gasteiger partial charge is 0.412 e. The Kier molecular flexibility index (Phi) is 4.82. The van der Waals surface area contributed by atoms with Crippen molar-refractivity contribution in [2.75, 3.05) is 5.32 Å². The lowest BCUT2D eigenvalue weighted by Crippen LogP contribution is -2.40. The molecule has 0 bridgehead atoms. The summed E-state index contributed by atoms with van der Waals surface area (Å²) in [5, 5.41) is 9.26. The van der Waals surface area contributed by atoms with Crippen LogP contribution in [0.15, 0.2) is 64.8 Å². The molecule has 1 amide bonds. The quantitative estimate of drug-likeness (QED) is 0.805. The predicted octanol–water partition coefficient (Wildman–Crippen LogP) is 4.40. The molecule has 3 rings (SSSR count). The maximum Gasteiger partial charge on any atom is 0.412 e. The summed E-state index contributed by atoms with van der Waals surface area (Å²) in [6, 6.07) is 12.9. The van der Waals surface area contributed by atoms with Gasteiger partial charge in [0, 0.05) is 23.2 Å². The third kappa shape index (κ3) is 4.05. The van der Waals surface area contributed by atoms with Crippen LogP contribution in [0.2, 0.25) is 0 Å². The molecule has 27 heavy (non-hydrogen) atoms. The highest BCUT2D eigenvalue weighted by Crippen LogP contribution is 2.37. The molecule has 0 spiro atoms. The van der Waals surface area contributed by atoms with Crippen LogP contribution in [0.1, 0.15) is 29.3 Å². The predicted molar refractivity (Wildman–Crippen MR) is 92.7 cm³/mol. The smallest absolute Gasteiger partial charge is 0.324 e. The monoisotopic (exact) mass is 375 g/mol. The van der Waals surface area contributed by atoms with Gasteiger partial charge in [-0.3, -0.25) is 9.59 Å². The second-order valence-corrected chi connectivity index (χ2v) is 6.48. The Labute approximate surface area is 153 Å². The van der Waals surface area contributed by atoms with Gasteiger partial charge in [0.15, 0.2) is 17.4 Å². The van der Waals surface area contributed by atoms with E-state index in [1.54, 1.807) is 42.5 Å². The van der Waals surface area contributed by atoms with Gasteiger partial charge in [0.25, 0.3) is 5.91 Å². The maximum absolute atomic E-state index is 12.7. The zero-order chi connectivity index (χ0) is 19.7. The van der Waals surface area contributed by atoms with Crippen LogP contribution in [0.3, 0.4) is 0 Å². The van der Waals surface area contributed by atoms with E-state index in [1.807, 2.05) is 0 Å². The van der Waals surface area contributed by atoms with Gasteiger partial charge < -0.3 is 5.32 Å². The summed E-state index contributed by atoms with van der Waals surface area (Å²) in [5.74, 6) is -0.849. The Bertz CT molecular complexity index is 879. The van der Waals surface area contributed by atoms with Crippen molar-refractivity contribution in [2.24, 2.45) is 10.2 Å². The molecule has 5 nitrogen and oxygen atoms in total. The normalized spacial score (nSPS) is 21.9. The van der Waals surface area contributed by atoms with E-state index in [2.05, 4.69) is 15.5 Å². The lowest BCUT2D eigenvalue weighted by atomic mass is 9.94. The third-order valence-electron chi connectivity index (χ3n) is 4.32. The third-order valence-corrected chi connectivity index (χ3v) is 4.32. The van der Waals surface area contributed by atoms with Crippen LogP contribution in [0, 0.1) is 0 Å². The Morgan fingerprint density at radius 3 is 2.19 bits per heavy atom. The minimum absolute atomic E-state index is 0.168. The van der Waals surface area contributed by atoms with Crippen LogP contribution in [0.5, 0.6) is 0 Å². The Hall–Kier alpha value is -3.03. The van der Waals surface area contributed by atoms with Crippen molar-refractivity contribution in [3.8, 4) is 0 Å². The van der Waals surface area contributed by atoms with Gasteiger partial charge in [-0.1, -0.05) is 30.3 Å². The number of hydrogen-bond acceptors (Lipinski definition) is 4. The summed E-state index contributed by atoms with van der Waals surface area (Å²) >= 11 is 0. The molecular formula is C19H16F3N3O2. The SMILES string of the molecule is CC1(C(=O)Nc2ccc(C(=O)c3ccccc3)cc2)CC(C(F)(F)F)N=N1. The van der Waals surface area contributed by atoms with Gasteiger partial charge in [-0.25, -0.2) is 0 Å². The molecule has 1 aliphatic heterocycles. The summed E-state index contributed by atoms with van der Waals surface area (Å²) in [6.07, 6.45) is -5.06. The first-order valence-corrected chi connectivity index (χ1v) is 8.19. The molecule has 2 aromatic rings. The number of azo groups is 1. The maximum atomic E-state index is 12.7. The molecule has 0 radical (unpaired) electrons. The van der Waals surface area contributed by atoms with Crippen molar-refractivity contribution in [3.05, 3.63) is 65.7 Å². The molecule has 140 valence electrons. The zero-order valence-corrected chi connectivity index (χ0v) is 14.3. The minimum atomic E-state index is -4.53. The van der Waals surface area contributed by atoms with E-state index in [9.17, 15) is 22.8 Å². The summed E-state index contributed by atoms with van der Waals surface area (Å²) in [7, 11) is 0. The Balaban J connectivity index is 1.68. The molecular weight excluding hydrogens is 359 g/mol. The minimum Gasteiger partial charge on any atom is -0.324 e. The van der Waals surface area contributed by atoms with E-state index in [0.717, 1.165) is 0 Å². The van der Waals surface area contributed by atoms with Gasteiger partial charge in [0.05, 0.1) is 0 Å². The molecule has 0 saturated heterocycles. The molecule has 1 heterocycles. The molecule has 2 aromatic carbocycles. The molecule has 2 unspecified atom stereocenters. The summed E-state index contributed by atoms with van der Waals surface area (Å²) < 4.78 is 38.2. The van der Waals surface area contributed by atoms with Crippen molar-refractivity contribution in [1.29, 1.82) is 0 Å². The molecule has 0 fully saturated rings. The molecule has 0 saturated carbocycles. The van der Waals surface area contributed by atoms with Gasteiger partial charge in [-0.2, -0.15) is 23.4 Å². The number of carbonyl (C=O) groups excluding carboxylic acids is 2. The average Bonchev–Trinajstić information content (AvgIpc) is 3.07. The van der Waals surface area contributed by atoms with Crippen molar-refractivity contribution < 1.29 is 22.8 Å². The summed E-state index contributed by atoms with van der Waals surface area (Å²) in [4.78, 5) is 24.7. The molecule has 0 aliphatic carbocycles.